The molecule has 2 rings (SSSR count). The van der Waals surface area contributed by atoms with Crippen LogP contribution in [0.1, 0.15) is 33.3 Å². The molecule has 2 aromatic rings. The Morgan fingerprint density at radius 1 is 0.900 bits per heavy atom. The fourth-order valence-electron chi connectivity index (χ4n) is 2.75. The predicted molar refractivity (Wildman–Crippen MR) is 84.7 cm³/mol. The van der Waals surface area contributed by atoms with Crippen molar-refractivity contribution in [2.24, 2.45) is 5.92 Å². The van der Waals surface area contributed by atoms with Crippen LogP contribution in [0.15, 0.2) is 54.6 Å². The maximum absolute atomic E-state index is 12.5. The molecule has 0 saturated heterocycles. The van der Waals surface area contributed by atoms with Crippen LogP contribution in [-0.4, -0.2) is 5.78 Å². The molecule has 104 valence electrons. The van der Waals surface area contributed by atoms with Gasteiger partial charge in [0.05, 0.1) is 0 Å². The van der Waals surface area contributed by atoms with Gasteiger partial charge in [0.25, 0.3) is 0 Å². The molecule has 0 saturated carbocycles. The van der Waals surface area contributed by atoms with Crippen LogP contribution in [0.3, 0.4) is 0 Å². The Morgan fingerprint density at radius 3 is 2.05 bits per heavy atom. The summed E-state index contributed by atoms with van der Waals surface area (Å²) in [5, 5.41) is 0. The number of rotatable bonds is 4. The molecule has 0 aliphatic heterocycles. The van der Waals surface area contributed by atoms with Crippen molar-refractivity contribution in [3.63, 3.8) is 0 Å². The summed E-state index contributed by atoms with van der Waals surface area (Å²) in [7, 11) is 0. The molecule has 2 aromatic carbocycles. The van der Waals surface area contributed by atoms with Gasteiger partial charge in [0.2, 0.25) is 0 Å². The number of hydrogen-bond acceptors (Lipinski definition) is 1. The van der Waals surface area contributed by atoms with E-state index in [-0.39, 0.29) is 11.7 Å². The zero-order valence-corrected chi connectivity index (χ0v) is 12.7. The maximum Gasteiger partial charge on any atom is 0.145 e. The highest BCUT2D eigenvalue weighted by Crippen LogP contribution is 2.35. The van der Waals surface area contributed by atoms with Crippen molar-refractivity contribution in [2.75, 3.05) is 0 Å². The fraction of sp³-hybridized carbons (Fsp3) is 0.316. The summed E-state index contributed by atoms with van der Waals surface area (Å²) in [5.74, 6) is 0.315. The van der Waals surface area contributed by atoms with Crippen molar-refractivity contribution in [1.82, 2.24) is 0 Å². The van der Waals surface area contributed by atoms with Crippen LogP contribution in [0.5, 0.6) is 0 Å². The summed E-state index contributed by atoms with van der Waals surface area (Å²) in [5.41, 5.74) is 2.94. The van der Waals surface area contributed by atoms with Gasteiger partial charge in [0.1, 0.15) is 5.78 Å². The topological polar surface area (TPSA) is 17.1 Å². The summed E-state index contributed by atoms with van der Waals surface area (Å²) < 4.78 is 0. The number of hydrogen-bond donors (Lipinski definition) is 0. The number of ketones is 1. The highest BCUT2D eigenvalue weighted by atomic mass is 16.1. The molecule has 0 atom stereocenters. The van der Waals surface area contributed by atoms with Crippen LogP contribution in [0, 0.1) is 5.92 Å². The predicted octanol–water partition coefficient (Wildman–Crippen LogP) is 4.86. The minimum absolute atomic E-state index is 0.0360. The molecule has 0 heterocycles. The highest BCUT2D eigenvalue weighted by molar-refractivity contribution is 5.93. The molecule has 0 spiro atoms. The number of Topliss-reactive ketones (excluding diaryl/α,β-unsaturated/α-hetero) is 1. The molecule has 0 aliphatic rings. The molecule has 0 aliphatic carbocycles. The molecule has 0 fully saturated rings. The lowest BCUT2D eigenvalue weighted by molar-refractivity contribution is -0.126. The molecule has 0 unspecified atom stereocenters. The van der Waals surface area contributed by atoms with Gasteiger partial charge in [0, 0.05) is 11.3 Å². The third kappa shape index (κ3) is 2.67. The Balaban J connectivity index is 2.56. The van der Waals surface area contributed by atoms with E-state index in [2.05, 4.69) is 24.3 Å². The van der Waals surface area contributed by atoms with Gasteiger partial charge in [-0.1, -0.05) is 68.4 Å². The Morgan fingerprint density at radius 2 is 1.45 bits per heavy atom. The maximum atomic E-state index is 12.5. The van der Waals surface area contributed by atoms with Crippen molar-refractivity contribution in [3.05, 3.63) is 60.2 Å². The molecule has 0 N–H and O–H groups in total. The Kier molecular flexibility index (Phi) is 4.08. The second-order valence-corrected chi connectivity index (χ2v) is 6.06. The van der Waals surface area contributed by atoms with Crippen LogP contribution in [0.25, 0.3) is 11.1 Å². The minimum atomic E-state index is -0.472. The first-order valence-electron chi connectivity index (χ1n) is 7.14. The van der Waals surface area contributed by atoms with E-state index in [0.29, 0.717) is 0 Å². The van der Waals surface area contributed by atoms with Crippen molar-refractivity contribution >= 4 is 5.78 Å². The third-order valence-electron chi connectivity index (χ3n) is 3.83. The average Bonchev–Trinajstić information content (AvgIpc) is 2.47. The van der Waals surface area contributed by atoms with Crippen molar-refractivity contribution in [3.8, 4) is 11.1 Å². The zero-order chi connectivity index (χ0) is 14.8. The van der Waals surface area contributed by atoms with E-state index in [1.807, 2.05) is 58.0 Å². The highest BCUT2D eigenvalue weighted by Gasteiger charge is 2.33. The van der Waals surface area contributed by atoms with Gasteiger partial charge in [0.15, 0.2) is 0 Å². The quantitative estimate of drug-likeness (QED) is 0.772. The van der Waals surface area contributed by atoms with Crippen molar-refractivity contribution in [1.29, 1.82) is 0 Å². The standard InChI is InChI=1S/C19H22O/c1-14(2)18(20)19(3,4)17-13-9-8-12-16(17)15-10-6-5-7-11-15/h5-14H,1-4H3. The van der Waals surface area contributed by atoms with Gasteiger partial charge in [-0.2, -0.15) is 0 Å². The van der Waals surface area contributed by atoms with E-state index in [0.717, 1.165) is 16.7 Å². The van der Waals surface area contributed by atoms with Crippen molar-refractivity contribution in [2.45, 2.75) is 33.1 Å². The lowest BCUT2D eigenvalue weighted by Crippen LogP contribution is -2.33. The normalized spacial score (nSPS) is 11.7. The third-order valence-corrected chi connectivity index (χ3v) is 3.83. The van der Waals surface area contributed by atoms with Crippen LogP contribution >= 0.6 is 0 Å². The smallest absolute Gasteiger partial charge is 0.145 e. The van der Waals surface area contributed by atoms with Gasteiger partial charge in [-0.15, -0.1) is 0 Å². The summed E-state index contributed by atoms with van der Waals surface area (Å²) in [6, 6.07) is 18.5. The van der Waals surface area contributed by atoms with Crippen LogP contribution in [0.4, 0.5) is 0 Å². The molecule has 0 bridgehead atoms. The number of carbonyl (C=O) groups is 1. The largest absolute Gasteiger partial charge is 0.298 e. The average molecular weight is 266 g/mol. The van der Waals surface area contributed by atoms with Crippen molar-refractivity contribution < 1.29 is 4.79 Å². The summed E-state index contributed by atoms with van der Waals surface area (Å²) in [4.78, 5) is 12.5. The molecule has 0 radical (unpaired) electrons. The van der Waals surface area contributed by atoms with E-state index in [4.69, 9.17) is 0 Å². The minimum Gasteiger partial charge on any atom is -0.298 e. The molecule has 1 nitrogen and oxygen atoms in total. The number of carbonyl (C=O) groups excluding carboxylic acids is 1. The molecule has 20 heavy (non-hydrogen) atoms. The SMILES string of the molecule is CC(C)C(=O)C(C)(C)c1ccccc1-c1ccccc1. The lowest BCUT2D eigenvalue weighted by Gasteiger charge is -2.28. The summed E-state index contributed by atoms with van der Waals surface area (Å²) in [6.45, 7) is 7.98. The van der Waals surface area contributed by atoms with E-state index in [1.54, 1.807) is 0 Å². The zero-order valence-electron chi connectivity index (χ0n) is 12.7. The second kappa shape index (κ2) is 5.62. The molecule has 1 heteroatoms. The summed E-state index contributed by atoms with van der Waals surface area (Å²) >= 11 is 0. The lowest BCUT2D eigenvalue weighted by atomic mass is 9.74. The van der Waals surface area contributed by atoms with E-state index in [1.165, 1.54) is 0 Å². The Hall–Kier alpha value is -1.89. The van der Waals surface area contributed by atoms with Crippen LogP contribution in [0.2, 0.25) is 0 Å². The number of benzene rings is 2. The van der Waals surface area contributed by atoms with Gasteiger partial charge in [-0.3, -0.25) is 4.79 Å². The van der Waals surface area contributed by atoms with Gasteiger partial charge < -0.3 is 0 Å². The molecule has 0 aromatic heterocycles. The molecular weight excluding hydrogens is 244 g/mol. The van der Waals surface area contributed by atoms with Gasteiger partial charge in [-0.25, -0.2) is 0 Å². The molecular formula is C19H22O. The Labute approximate surface area is 121 Å². The van der Waals surface area contributed by atoms with E-state index in [9.17, 15) is 4.79 Å². The first kappa shape index (κ1) is 14.5. The van der Waals surface area contributed by atoms with E-state index < -0.39 is 5.41 Å². The Bertz CT molecular complexity index is 594. The van der Waals surface area contributed by atoms with E-state index >= 15 is 0 Å². The van der Waals surface area contributed by atoms with Gasteiger partial charge >= 0.3 is 0 Å². The first-order valence-corrected chi connectivity index (χ1v) is 7.14. The van der Waals surface area contributed by atoms with Crippen LogP contribution in [-0.2, 0) is 10.2 Å². The van der Waals surface area contributed by atoms with Gasteiger partial charge in [-0.05, 0) is 30.5 Å². The fourth-order valence-corrected chi connectivity index (χ4v) is 2.75. The molecule has 0 amide bonds. The summed E-state index contributed by atoms with van der Waals surface area (Å²) in [6.07, 6.45) is 0. The second-order valence-electron chi connectivity index (χ2n) is 6.06. The first-order chi connectivity index (χ1) is 9.44. The monoisotopic (exact) mass is 266 g/mol. The van der Waals surface area contributed by atoms with Crippen LogP contribution < -0.4 is 0 Å².